The third-order valence-corrected chi connectivity index (χ3v) is 4.06. The number of rotatable bonds is 2. The second kappa shape index (κ2) is 5.62. The summed E-state index contributed by atoms with van der Waals surface area (Å²) in [5, 5.41) is 10.2. The van der Waals surface area contributed by atoms with E-state index in [9.17, 15) is 4.79 Å². The molecule has 1 aliphatic rings. The molecule has 1 N–H and O–H groups in total. The molecule has 6 heteroatoms. The maximum atomic E-state index is 11.1. The van der Waals surface area contributed by atoms with E-state index in [1.165, 1.54) is 0 Å². The minimum absolute atomic E-state index is 0.340. The number of aryl methyl sites for hydroxylation is 1. The van der Waals surface area contributed by atoms with E-state index in [0.717, 1.165) is 16.8 Å². The number of nitrogens with zero attached hydrogens (tertiary/aromatic N) is 2. The quantitative estimate of drug-likeness (QED) is 0.916. The Bertz CT molecular complexity index is 699. The lowest BCUT2D eigenvalue weighted by atomic mass is 9.87. The van der Waals surface area contributed by atoms with E-state index >= 15 is 0 Å². The molecule has 0 fully saturated rings. The van der Waals surface area contributed by atoms with Crippen molar-refractivity contribution in [3.05, 3.63) is 45.7 Å². The Morgan fingerprint density at radius 2 is 1.95 bits per heavy atom. The fourth-order valence-corrected chi connectivity index (χ4v) is 3.07. The lowest BCUT2D eigenvalue weighted by molar-refractivity contribution is -0.142. The highest BCUT2D eigenvalue weighted by Crippen LogP contribution is 2.28. The molecule has 0 amide bonds. The van der Waals surface area contributed by atoms with Gasteiger partial charge in [-0.2, -0.15) is 0 Å². The first kappa shape index (κ1) is 14.3. The van der Waals surface area contributed by atoms with E-state index in [-0.39, 0.29) is 5.92 Å². The van der Waals surface area contributed by atoms with Crippen LogP contribution in [0, 0.1) is 5.92 Å². The van der Waals surface area contributed by atoms with Gasteiger partial charge in [-0.25, -0.2) is 9.97 Å². The zero-order chi connectivity index (χ0) is 15.0. The lowest BCUT2D eigenvalue weighted by Crippen LogP contribution is -2.23. The van der Waals surface area contributed by atoms with Crippen LogP contribution in [0.1, 0.15) is 17.7 Å². The summed E-state index contributed by atoms with van der Waals surface area (Å²) >= 11 is 12.0. The summed E-state index contributed by atoms with van der Waals surface area (Å²) in [5.74, 6) is -0.536. The van der Waals surface area contributed by atoms with Crippen LogP contribution >= 0.6 is 23.2 Å². The number of benzene rings is 1. The Kier molecular flexibility index (Phi) is 3.83. The lowest BCUT2D eigenvalue weighted by Gasteiger charge is -2.20. The van der Waals surface area contributed by atoms with Crippen LogP contribution < -0.4 is 0 Å². The molecule has 1 aliphatic carbocycles. The highest BCUT2D eigenvalue weighted by atomic mass is 35.5. The molecule has 0 radical (unpaired) electrons. The van der Waals surface area contributed by atoms with Crippen molar-refractivity contribution < 1.29 is 9.90 Å². The van der Waals surface area contributed by atoms with Crippen LogP contribution in [0.2, 0.25) is 10.0 Å². The molecule has 108 valence electrons. The van der Waals surface area contributed by atoms with Gasteiger partial charge in [-0.05, 0) is 43.0 Å². The second-order valence-corrected chi connectivity index (χ2v) is 5.97. The van der Waals surface area contributed by atoms with E-state index in [2.05, 4.69) is 9.97 Å². The largest absolute Gasteiger partial charge is 0.481 e. The van der Waals surface area contributed by atoms with E-state index < -0.39 is 5.97 Å². The van der Waals surface area contributed by atoms with Gasteiger partial charge in [-0.15, -0.1) is 0 Å². The number of hydrogen-bond donors (Lipinski definition) is 1. The first-order chi connectivity index (χ1) is 10.0. The topological polar surface area (TPSA) is 63.1 Å². The molecule has 3 rings (SSSR count). The van der Waals surface area contributed by atoms with Crippen LogP contribution in [0.3, 0.4) is 0 Å². The standard InChI is InChI=1S/C15H12Cl2N2O2/c16-11-4-9(5-12(17)6-11)14-18-7-10-3-8(15(20)21)1-2-13(10)19-14/h4-8H,1-3H2,(H,20,21). The molecule has 1 heterocycles. The van der Waals surface area contributed by atoms with Gasteiger partial charge in [-0.3, -0.25) is 4.79 Å². The minimum atomic E-state index is -0.758. The Morgan fingerprint density at radius 1 is 1.24 bits per heavy atom. The summed E-state index contributed by atoms with van der Waals surface area (Å²) in [5.41, 5.74) is 2.58. The molecule has 4 nitrogen and oxygen atoms in total. The van der Waals surface area contributed by atoms with Crippen LogP contribution in [-0.4, -0.2) is 21.0 Å². The SMILES string of the molecule is O=C(O)C1CCc2nc(-c3cc(Cl)cc(Cl)c3)ncc2C1. The number of aliphatic carboxylic acids is 1. The van der Waals surface area contributed by atoms with Crippen molar-refractivity contribution >= 4 is 29.2 Å². The van der Waals surface area contributed by atoms with Gasteiger partial charge in [0.1, 0.15) is 0 Å². The number of carboxylic acids is 1. The normalized spacial score (nSPS) is 17.3. The smallest absolute Gasteiger partial charge is 0.306 e. The van der Waals surface area contributed by atoms with E-state index in [0.29, 0.717) is 35.1 Å². The number of aromatic nitrogens is 2. The Balaban J connectivity index is 1.95. The van der Waals surface area contributed by atoms with Gasteiger partial charge >= 0.3 is 5.97 Å². The molecule has 0 saturated carbocycles. The Morgan fingerprint density at radius 3 is 2.62 bits per heavy atom. The summed E-state index contributed by atoms with van der Waals surface area (Å²) in [6.07, 6.45) is 3.45. The third-order valence-electron chi connectivity index (χ3n) is 3.62. The van der Waals surface area contributed by atoms with Crippen molar-refractivity contribution in [2.45, 2.75) is 19.3 Å². The van der Waals surface area contributed by atoms with Crippen molar-refractivity contribution in [2.75, 3.05) is 0 Å². The zero-order valence-electron chi connectivity index (χ0n) is 11.0. The van der Waals surface area contributed by atoms with Gasteiger partial charge in [0.2, 0.25) is 0 Å². The van der Waals surface area contributed by atoms with Crippen molar-refractivity contribution in [3.63, 3.8) is 0 Å². The van der Waals surface area contributed by atoms with Gasteiger partial charge < -0.3 is 5.11 Å². The average Bonchev–Trinajstić information content (AvgIpc) is 2.45. The van der Waals surface area contributed by atoms with E-state index in [1.54, 1.807) is 24.4 Å². The van der Waals surface area contributed by atoms with Crippen molar-refractivity contribution in [3.8, 4) is 11.4 Å². The fraction of sp³-hybridized carbons (Fsp3) is 0.267. The van der Waals surface area contributed by atoms with Crippen LogP contribution in [0.15, 0.2) is 24.4 Å². The van der Waals surface area contributed by atoms with Gasteiger partial charge in [0, 0.05) is 27.5 Å². The molecule has 0 saturated heterocycles. The predicted octanol–water partition coefficient (Wildman–Crippen LogP) is 3.64. The Labute approximate surface area is 131 Å². The summed E-state index contributed by atoms with van der Waals surface area (Å²) in [4.78, 5) is 19.9. The van der Waals surface area contributed by atoms with Crippen molar-refractivity contribution in [1.82, 2.24) is 9.97 Å². The summed E-state index contributed by atoms with van der Waals surface area (Å²) < 4.78 is 0. The first-order valence-electron chi connectivity index (χ1n) is 6.57. The average molecular weight is 323 g/mol. The molecule has 1 aromatic heterocycles. The molecule has 0 bridgehead atoms. The molecule has 0 aliphatic heterocycles. The van der Waals surface area contributed by atoms with E-state index in [1.807, 2.05) is 0 Å². The second-order valence-electron chi connectivity index (χ2n) is 5.10. The van der Waals surface area contributed by atoms with E-state index in [4.69, 9.17) is 28.3 Å². The molecule has 21 heavy (non-hydrogen) atoms. The highest BCUT2D eigenvalue weighted by Gasteiger charge is 2.25. The van der Waals surface area contributed by atoms with Crippen LogP contribution in [0.25, 0.3) is 11.4 Å². The number of halogens is 2. The number of carbonyl (C=O) groups is 1. The number of hydrogen-bond acceptors (Lipinski definition) is 3. The summed E-state index contributed by atoms with van der Waals surface area (Å²) in [6, 6.07) is 5.18. The van der Waals surface area contributed by atoms with Crippen LogP contribution in [0.5, 0.6) is 0 Å². The number of carboxylic acid groups (broad SMARTS) is 1. The molecular formula is C15H12Cl2N2O2. The molecule has 1 atom stereocenters. The monoisotopic (exact) mass is 322 g/mol. The highest BCUT2D eigenvalue weighted by molar-refractivity contribution is 6.35. The molecule has 1 aromatic carbocycles. The minimum Gasteiger partial charge on any atom is -0.481 e. The molecule has 1 unspecified atom stereocenters. The molecular weight excluding hydrogens is 311 g/mol. The van der Waals surface area contributed by atoms with Gasteiger partial charge in [-0.1, -0.05) is 23.2 Å². The number of fused-ring (bicyclic) bond motifs is 1. The van der Waals surface area contributed by atoms with Gasteiger partial charge in [0.15, 0.2) is 5.82 Å². The predicted molar refractivity (Wildman–Crippen MR) is 80.6 cm³/mol. The molecule has 0 spiro atoms. The third kappa shape index (κ3) is 3.01. The zero-order valence-corrected chi connectivity index (χ0v) is 12.5. The van der Waals surface area contributed by atoms with Crippen molar-refractivity contribution in [1.29, 1.82) is 0 Å². The van der Waals surface area contributed by atoms with Gasteiger partial charge in [0.05, 0.1) is 5.92 Å². The van der Waals surface area contributed by atoms with Crippen molar-refractivity contribution in [2.24, 2.45) is 5.92 Å². The fourth-order valence-electron chi connectivity index (χ4n) is 2.54. The maximum Gasteiger partial charge on any atom is 0.306 e. The summed E-state index contributed by atoms with van der Waals surface area (Å²) in [6.45, 7) is 0. The van der Waals surface area contributed by atoms with Crippen LogP contribution in [-0.2, 0) is 17.6 Å². The van der Waals surface area contributed by atoms with Gasteiger partial charge in [0.25, 0.3) is 0 Å². The Hall–Kier alpha value is -1.65. The summed E-state index contributed by atoms with van der Waals surface area (Å²) in [7, 11) is 0. The maximum absolute atomic E-state index is 11.1. The first-order valence-corrected chi connectivity index (χ1v) is 7.32. The molecule has 2 aromatic rings. The van der Waals surface area contributed by atoms with Crippen LogP contribution in [0.4, 0.5) is 0 Å².